The van der Waals surface area contributed by atoms with Crippen LogP contribution in [0.3, 0.4) is 0 Å². The molecule has 0 bridgehead atoms. The molecule has 0 unspecified atom stereocenters. The Morgan fingerprint density at radius 1 is 1.00 bits per heavy atom. The highest BCUT2D eigenvalue weighted by molar-refractivity contribution is 7.15. The summed E-state index contributed by atoms with van der Waals surface area (Å²) in [5.74, 6) is 1.07. The van der Waals surface area contributed by atoms with Gasteiger partial charge in [0.05, 0.1) is 5.56 Å². The van der Waals surface area contributed by atoms with Gasteiger partial charge in [-0.3, -0.25) is 10.1 Å². The first-order chi connectivity index (χ1) is 14.0. The highest BCUT2D eigenvalue weighted by Crippen LogP contribution is 2.27. The molecule has 29 heavy (non-hydrogen) atoms. The Hall–Kier alpha value is -3.18. The summed E-state index contributed by atoms with van der Waals surface area (Å²) in [4.78, 5) is 18.2. The van der Waals surface area contributed by atoms with E-state index in [1.807, 2.05) is 37.4 Å². The predicted molar refractivity (Wildman–Crippen MR) is 118 cm³/mol. The van der Waals surface area contributed by atoms with E-state index in [9.17, 15) is 4.79 Å². The van der Waals surface area contributed by atoms with Crippen molar-refractivity contribution in [1.82, 2.24) is 4.98 Å². The molecule has 4 rings (SSSR count). The number of hydrogen-bond donors (Lipinski definition) is 1. The number of nitrogens with one attached hydrogen (secondary N) is 1. The van der Waals surface area contributed by atoms with Gasteiger partial charge in [0.1, 0.15) is 11.5 Å². The van der Waals surface area contributed by atoms with Crippen LogP contribution in [-0.2, 0) is 6.42 Å². The van der Waals surface area contributed by atoms with Crippen molar-refractivity contribution >= 4 is 22.4 Å². The molecule has 0 spiro atoms. The second-order valence-corrected chi connectivity index (χ2v) is 8.31. The van der Waals surface area contributed by atoms with Crippen molar-refractivity contribution in [2.75, 3.05) is 5.32 Å². The maximum atomic E-state index is 12.7. The van der Waals surface area contributed by atoms with Crippen molar-refractivity contribution in [1.29, 1.82) is 0 Å². The van der Waals surface area contributed by atoms with E-state index in [2.05, 4.69) is 41.5 Å². The lowest BCUT2D eigenvalue weighted by molar-refractivity contribution is 0.102. The molecule has 0 fully saturated rings. The fourth-order valence-corrected chi connectivity index (χ4v) is 3.93. The summed E-state index contributed by atoms with van der Waals surface area (Å²) in [6, 6.07) is 18.3. The van der Waals surface area contributed by atoms with Gasteiger partial charge >= 0.3 is 0 Å². The molecule has 1 amide bonds. The minimum Gasteiger partial charge on any atom is -0.461 e. The first kappa shape index (κ1) is 19.2. The molecule has 0 atom stereocenters. The van der Waals surface area contributed by atoms with Crippen LogP contribution in [0.5, 0.6) is 0 Å². The fraction of sp³-hybridized carbons (Fsp3) is 0.167. The van der Waals surface area contributed by atoms with Gasteiger partial charge in [-0.15, -0.1) is 11.3 Å². The van der Waals surface area contributed by atoms with Crippen LogP contribution in [0.25, 0.3) is 11.3 Å². The summed E-state index contributed by atoms with van der Waals surface area (Å²) in [6.45, 7) is 5.92. The summed E-state index contributed by atoms with van der Waals surface area (Å²) in [6.07, 6.45) is 2.62. The zero-order chi connectivity index (χ0) is 20.4. The number of carbonyl (C=O) groups excluding carboxylic acids is 1. The van der Waals surface area contributed by atoms with Gasteiger partial charge in [-0.25, -0.2) is 4.98 Å². The SMILES string of the molecule is Cc1ccc(Cc2cnc(NC(=O)c3cc(-c4ccc(C)cc4)oc3C)s2)cc1. The topological polar surface area (TPSA) is 55.1 Å². The van der Waals surface area contributed by atoms with Crippen LogP contribution in [0.15, 0.2) is 65.2 Å². The number of benzene rings is 2. The first-order valence-corrected chi connectivity index (χ1v) is 10.3. The Kier molecular flexibility index (Phi) is 5.32. The predicted octanol–water partition coefficient (Wildman–Crippen LogP) is 6.17. The highest BCUT2D eigenvalue weighted by atomic mass is 32.1. The van der Waals surface area contributed by atoms with Crippen molar-refractivity contribution in [3.63, 3.8) is 0 Å². The third kappa shape index (κ3) is 4.46. The largest absolute Gasteiger partial charge is 0.461 e. The quantitative estimate of drug-likeness (QED) is 0.434. The molecule has 1 N–H and O–H groups in total. The normalized spacial score (nSPS) is 10.9. The van der Waals surface area contributed by atoms with E-state index in [0.29, 0.717) is 22.2 Å². The Balaban J connectivity index is 1.46. The van der Waals surface area contributed by atoms with E-state index in [1.165, 1.54) is 28.0 Å². The number of aryl methyl sites for hydroxylation is 3. The minimum absolute atomic E-state index is 0.208. The standard InChI is InChI=1S/C24H22N2O2S/c1-15-4-8-18(9-5-15)12-20-14-25-24(29-20)26-23(27)21-13-22(28-17(21)3)19-10-6-16(2)7-11-19/h4-11,13-14H,12H2,1-3H3,(H,25,26,27). The molecule has 0 aliphatic carbocycles. The number of amides is 1. The van der Waals surface area contributed by atoms with Gasteiger partial charge in [-0.05, 0) is 32.4 Å². The number of thiazole rings is 1. The van der Waals surface area contributed by atoms with Gasteiger partial charge < -0.3 is 4.42 Å². The molecule has 2 aromatic carbocycles. The van der Waals surface area contributed by atoms with Gasteiger partial charge in [0.2, 0.25) is 0 Å². The number of nitrogens with zero attached hydrogens (tertiary/aromatic N) is 1. The van der Waals surface area contributed by atoms with Gasteiger partial charge in [0.15, 0.2) is 5.13 Å². The van der Waals surface area contributed by atoms with E-state index in [4.69, 9.17) is 4.42 Å². The van der Waals surface area contributed by atoms with Crippen LogP contribution in [-0.4, -0.2) is 10.9 Å². The average molecular weight is 403 g/mol. The molecule has 0 aliphatic heterocycles. The molecular formula is C24H22N2O2S. The van der Waals surface area contributed by atoms with E-state index >= 15 is 0 Å². The summed E-state index contributed by atoms with van der Waals surface area (Å²) in [5, 5.41) is 3.49. The van der Waals surface area contributed by atoms with Gasteiger partial charge in [-0.2, -0.15) is 0 Å². The number of rotatable bonds is 5. The maximum Gasteiger partial charge on any atom is 0.261 e. The van der Waals surface area contributed by atoms with Crippen LogP contribution in [0.1, 0.15) is 37.7 Å². The molecule has 0 saturated carbocycles. The van der Waals surface area contributed by atoms with Crippen LogP contribution in [0, 0.1) is 20.8 Å². The summed E-state index contributed by atoms with van der Waals surface area (Å²) in [5.41, 5.74) is 5.13. The molecule has 2 heterocycles. The van der Waals surface area contributed by atoms with Gasteiger partial charge in [0, 0.05) is 23.1 Å². The molecule has 5 heteroatoms. The maximum absolute atomic E-state index is 12.7. The Labute approximate surface area is 174 Å². The lowest BCUT2D eigenvalue weighted by Crippen LogP contribution is -2.11. The zero-order valence-corrected chi connectivity index (χ0v) is 17.5. The monoisotopic (exact) mass is 402 g/mol. The second kappa shape index (κ2) is 8.05. The second-order valence-electron chi connectivity index (χ2n) is 7.19. The van der Waals surface area contributed by atoms with Crippen LogP contribution in [0.2, 0.25) is 0 Å². The van der Waals surface area contributed by atoms with Gasteiger partial charge in [-0.1, -0.05) is 59.7 Å². The lowest BCUT2D eigenvalue weighted by Gasteiger charge is -2.00. The zero-order valence-electron chi connectivity index (χ0n) is 16.7. The van der Waals surface area contributed by atoms with E-state index in [1.54, 1.807) is 13.0 Å². The molecule has 0 aliphatic rings. The molecule has 4 nitrogen and oxygen atoms in total. The number of carbonyl (C=O) groups is 1. The summed E-state index contributed by atoms with van der Waals surface area (Å²) in [7, 11) is 0. The van der Waals surface area contributed by atoms with Crippen LogP contribution in [0.4, 0.5) is 5.13 Å². The van der Waals surface area contributed by atoms with Crippen molar-refractivity contribution in [3.8, 4) is 11.3 Å². The minimum atomic E-state index is -0.208. The molecular weight excluding hydrogens is 380 g/mol. The number of hydrogen-bond acceptors (Lipinski definition) is 4. The van der Waals surface area contributed by atoms with Crippen LogP contribution < -0.4 is 5.32 Å². The average Bonchev–Trinajstić information content (AvgIpc) is 3.30. The number of furan rings is 1. The Morgan fingerprint density at radius 2 is 1.66 bits per heavy atom. The highest BCUT2D eigenvalue weighted by Gasteiger charge is 2.17. The Bertz CT molecular complexity index is 1140. The summed E-state index contributed by atoms with van der Waals surface area (Å²) < 4.78 is 5.82. The molecule has 0 saturated heterocycles. The Morgan fingerprint density at radius 3 is 2.34 bits per heavy atom. The van der Waals surface area contributed by atoms with Gasteiger partial charge in [0.25, 0.3) is 5.91 Å². The summed E-state index contributed by atoms with van der Waals surface area (Å²) >= 11 is 1.49. The van der Waals surface area contributed by atoms with E-state index in [-0.39, 0.29) is 5.91 Å². The van der Waals surface area contributed by atoms with Crippen molar-refractivity contribution in [2.45, 2.75) is 27.2 Å². The number of anilines is 1. The van der Waals surface area contributed by atoms with Crippen molar-refractivity contribution in [3.05, 3.63) is 93.7 Å². The number of aromatic nitrogens is 1. The van der Waals surface area contributed by atoms with Crippen LogP contribution >= 0.6 is 11.3 Å². The third-order valence-corrected chi connectivity index (χ3v) is 5.68. The van der Waals surface area contributed by atoms with Crippen molar-refractivity contribution in [2.24, 2.45) is 0 Å². The lowest BCUT2D eigenvalue weighted by atomic mass is 10.1. The molecule has 0 radical (unpaired) electrons. The first-order valence-electron chi connectivity index (χ1n) is 9.47. The van der Waals surface area contributed by atoms with E-state index in [0.717, 1.165) is 16.9 Å². The third-order valence-electron chi connectivity index (χ3n) is 4.77. The molecule has 146 valence electrons. The molecule has 4 aromatic rings. The smallest absolute Gasteiger partial charge is 0.261 e. The van der Waals surface area contributed by atoms with E-state index < -0.39 is 0 Å². The molecule has 2 aromatic heterocycles. The van der Waals surface area contributed by atoms with Crippen molar-refractivity contribution < 1.29 is 9.21 Å². The fourth-order valence-electron chi connectivity index (χ4n) is 3.09.